The van der Waals surface area contributed by atoms with Crippen LogP contribution in [0.25, 0.3) is 22.1 Å². The second kappa shape index (κ2) is 12.3. The van der Waals surface area contributed by atoms with Gasteiger partial charge in [0.25, 0.3) is 0 Å². The third kappa shape index (κ3) is 4.94. The highest BCUT2D eigenvalue weighted by molar-refractivity contribution is 5.99. The lowest BCUT2D eigenvalue weighted by atomic mass is 9.95. The molecule has 0 spiro atoms. The van der Waals surface area contributed by atoms with Crippen LogP contribution in [0.3, 0.4) is 0 Å². The Balaban J connectivity index is 0.000000871. The zero-order chi connectivity index (χ0) is 19.4. The zero-order valence-corrected chi connectivity index (χ0v) is 17.4. The normalized spacial score (nSPS) is 9.52. The summed E-state index contributed by atoms with van der Waals surface area (Å²) in [6.45, 7) is 18.4. The summed E-state index contributed by atoms with van der Waals surface area (Å²) in [7, 11) is 0. The maximum absolute atomic E-state index is 4.53. The lowest BCUT2D eigenvalue weighted by molar-refractivity contribution is 0.875. The van der Waals surface area contributed by atoms with Crippen molar-refractivity contribution in [2.45, 2.75) is 74.7 Å². The van der Waals surface area contributed by atoms with Gasteiger partial charge in [0.15, 0.2) is 0 Å². The largest absolute Gasteiger partial charge is 0.253 e. The number of hydrogen-bond donors (Lipinski definition) is 0. The second-order valence-electron chi connectivity index (χ2n) is 4.91. The highest BCUT2D eigenvalue weighted by Crippen LogP contribution is 2.32. The first-order valence-electron chi connectivity index (χ1n) is 9.60. The Kier molecular flexibility index (Phi) is 11.3. The summed E-state index contributed by atoms with van der Waals surface area (Å²) in [4.78, 5) is 18.1. The predicted octanol–water partition coefficient (Wildman–Crippen LogP) is 6.34. The minimum Gasteiger partial charge on any atom is -0.253 e. The Morgan fingerprint density at radius 3 is 1.24 bits per heavy atom. The standard InChI is InChI=1S/C15H16N4.3C2H6/c1-4-10-12-14(18-7-5-16-12)11(9(2)3)15-13(10)17-6-8-19-15;3*1-2/h5-9H,4H2,1-3H3;3*1-2H3. The molecule has 2 heterocycles. The van der Waals surface area contributed by atoms with Gasteiger partial charge < -0.3 is 0 Å². The number of benzene rings is 1. The van der Waals surface area contributed by atoms with Crippen molar-refractivity contribution in [3.05, 3.63) is 35.9 Å². The molecule has 4 nitrogen and oxygen atoms in total. The molecule has 0 radical (unpaired) electrons. The molecule has 2 aromatic heterocycles. The van der Waals surface area contributed by atoms with E-state index >= 15 is 0 Å². The Hall–Kier alpha value is -2.10. The van der Waals surface area contributed by atoms with Gasteiger partial charge in [-0.25, -0.2) is 0 Å². The average Bonchev–Trinajstić information content (AvgIpc) is 2.70. The Morgan fingerprint density at radius 1 is 0.640 bits per heavy atom. The molecule has 0 saturated heterocycles. The number of rotatable bonds is 2. The molecule has 0 amide bonds. The molecule has 0 aliphatic rings. The summed E-state index contributed by atoms with van der Waals surface area (Å²) in [6, 6.07) is 0. The molecule has 4 heteroatoms. The predicted molar refractivity (Wildman–Crippen MR) is 110 cm³/mol. The van der Waals surface area contributed by atoms with Crippen molar-refractivity contribution in [3.8, 4) is 0 Å². The third-order valence-electron chi connectivity index (χ3n) is 3.41. The molecule has 0 N–H and O–H groups in total. The summed E-state index contributed by atoms with van der Waals surface area (Å²) in [6.07, 6.45) is 7.86. The van der Waals surface area contributed by atoms with Gasteiger partial charge in [0.1, 0.15) is 0 Å². The molecule has 3 rings (SSSR count). The minimum absolute atomic E-state index is 0.337. The average molecular weight is 343 g/mol. The van der Waals surface area contributed by atoms with Crippen molar-refractivity contribution >= 4 is 22.1 Å². The maximum atomic E-state index is 4.53. The van der Waals surface area contributed by atoms with Crippen LogP contribution in [0.1, 0.15) is 79.4 Å². The summed E-state index contributed by atoms with van der Waals surface area (Å²) in [5.41, 5.74) is 6.12. The molecule has 3 aromatic rings. The fourth-order valence-corrected chi connectivity index (χ4v) is 2.62. The van der Waals surface area contributed by atoms with Crippen LogP contribution in [0.2, 0.25) is 0 Å². The molecule has 0 saturated carbocycles. The Bertz CT molecular complexity index is 694. The van der Waals surface area contributed by atoms with Gasteiger partial charge in [-0.15, -0.1) is 0 Å². The number of hydrogen-bond acceptors (Lipinski definition) is 4. The van der Waals surface area contributed by atoms with Crippen LogP contribution in [0.4, 0.5) is 0 Å². The van der Waals surface area contributed by atoms with E-state index in [0.29, 0.717) is 5.92 Å². The number of aryl methyl sites for hydroxylation is 1. The molecule has 25 heavy (non-hydrogen) atoms. The quantitative estimate of drug-likeness (QED) is 0.510. The van der Waals surface area contributed by atoms with E-state index in [0.717, 1.165) is 39.6 Å². The topological polar surface area (TPSA) is 51.6 Å². The van der Waals surface area contributed by atoms with Gasteiger partial charge in [-0.2, -0.15) is 0 Å². The molecule has 0 atom stereocenters. The van der Waals surface area contributed by atoms with Gasteiger partial charge in [-0.05, 0) is 12.3 Å². The maximum Gasteiger partial charge on any atom is 0.0947 e. The Morgan fingerprint density at radius 2 is 0.960 bits per heavy atom. The number of fused-ring (bicyclic) bond motifs is 2. The monoisotopic (exact) mass is 342 g/mol. The van der Waals surface area contributed by atoms with E-state index in [1.807, 2.05) is 41.5 Å². The highest BCUT2D eigenvalue weighted by atomic mass is 14.8. The van der Waals surface area contributed by atoms with Crippen molar-refractivity contribution in [2.24, 2.45) is 0 Å². The number of aromatic nitrogens is 4. The van der Waals surface area contributed by atoms with Gasteiger partial charge in [-0.1, -0.05) is 62.3 Å². The number of nitrogens with zero attached hydrogens (tertiary/aromatic N) is 4. The summed E-state index contributed by atoms with van der Waals surface area (Å²) >= 11 is 0. The third-order valence-corrected chi connectivity index (χ3v) is 3.41. The fourth-order valence-electron chi connectivity index (χ4n) is 2.62. The first-order valence-corrected chi connectivity index (χ1v) is 9.60. The summed E-state index contributed by atoms with van der Waals surface area (Å²) in [5.74, 6) is 0.337. The molecule has 0 fully saturated rings. The highest BCUT2D eigenvalue weighted by Gasteiger charge is 2.18. The zero-order valence-electron chi connectivity index (χ0n) is 17.4. The molecule has 0 aliphatic heterocycles. The van der Waals surface area contributed by atoms with E-state index in [1.165, 1.54) is 0 Å². The smallest absolute Gasteiger partial charge is 0.0947 e. The van der Waals surface area contributed by atoms with Crippen molar-refractivity contribution in [1.82, 2.24) is 19.9 Å². The molecule has 1 aromatic carbocycles. The Labute approximate surface area is 153 Å². The van der Waals surface area contributed by atoms with Crippen molar-refractivity contribution in [1.29, 1.82) is 0 Å². The van der Waals surface area contributed by atoms with E-state index in [9.17, 15) is 0 Å². The first kappa shape index (κ1) is 22.9. The van der Waals surface area contributed by atoms with E-state index in [1.54, 1.807) is 24.8 Å². The molecule has 0 unspecified atom stereocenters. The van der Waals surface area contributed by atoms with Crippen molar-refractivity contribution in [3.63, 3.8) is 0 Å². The molecule has 0 bridgehead atoms. The van der Waals surface area contributed by atoms with Gasteiger partial charge in [-0.3, -0.25) is 19.9 Å². The minimum atomic E-state index is 0.337. The van der Waals surface area contributed by atoms with Crippen LogP contribution < -0.4 is 0 Å². The molecule has 0 aliphatic carbocycles. The molecule has 138 valence electrons. The van der Waals surface area contributed by atoms with Gasteiger partial charge in [0.2, 0.25) is 0 Å². The van der Waals surface area contributed by atoms with Crippen LogP contribution >= 0.6 is 0 Å². The van der Waals surface area contributed by atoms with Crippen LogP contribution in [-0.4, -0.2) is 19.9 Å². The van der Waals surface area contributed by atoms with Crippen LogP contribution in [0.5, 0.6) is 0 Å². The van der Waals surface area contributed by atoms with Crippen LogP contribution in [0, 0.1) is 0 Å². The van der Waals surface area contributed by atoms with Crippen LogP contribution in [0.15, 0.2) is 24.8 Å². The van der Waals surface area contributed by atoms with E-state index < -0.39 is 0 Å². The lowest BCUT2D eigenvalue weighted by Gasteiger charge is -2.14. The molecular formula is C21H34N4. The van der Waals surface area contributed by atoms with Crippen molar-refractivity contribution < 1.29 is 0 Å². The van der Waals surface area contributed by atoms with Gasteiger partial charge >= 0.3 is 0 Å². The SMILES string of the molecule is CC.CC.CC.CCc1c2nccnc2c(C(C)C)c2nccnc12. The van der Waals surface area contributed by atoms with Gasteiger partial charge in [0.05, 0.1) is 22.1 Å². The lowest BCUT2D eigenvalue weighted by Crippen LogP contribution is -2.02. The summed E-state index contributed by atoms with van der Waals surface area (Å²) < 4.78 is 0. The second-order valence-corrected chi connectivity index (χ2v) is 4.91. The van der Waals surface area contributed by atoms with Crippen molar-refractivity contribution in [2.75, 3.05) is 0 Å². The van der Waals surface area contributed by atoms with Crippen LogP contribution in [-0.2, 0) is 6.42 Å². The summed E-state index contributed by atoms with van der Waals surface area (Å²) in [5, 5.41) is 0. The van der Waals surface area contributed by atoms with E-state index in [-0.39, 0.29) is 0 Å². The first-order chi connectivity index (χ1) is 12.2. The van der Waals surface area contributed by atoms with Gasteiger partial charge in [0, 0.05) is 35.9 Å². The van der Waals surface area contributed by atoms with E-state index in [4.69, 9.17) is 0 Å². The molecular weight excluding hydrogens is 308 g/mol. The fraction of sp³-hybridized carbons (Fsp3) is 0.524. The van der Waals surface area contributed by atoms with E-state index in [2.05, 4.69) is 40.7 Å².